The molecule has 1 aromatic carbocycles. The molecule has 1 aromatic rings. The van der Waals surface area contributed by atoms with Crippen molar-refractivity contribution in [3.05, 3.63) is 32.3 Å². The number of hydrogen-bond acceptors (Lipinski definition) is 4. The van der Waals surface area contributed by atoms with Gasteiger partial charge in [0.1, 0.15) is 4.90 Å². The summed E-state index contributed by atoms with van der Waals surface area (Å²) in [4.78, 5) is 8.32. The lowest BCUT2D eigenvalue weighted by Gasteiger charge is -2.11. The normalized spacial score (nSPS) is 12.5. The number of halogens is 4. The molecule has 0 unspecified atom stereocenters. The first-order valence-electron chi connectivity index (χ1n) is 4.02. The number of benzene rings is 1. The summed E-state index contributed by atoms with van der Waals surface area (Å²) in [5.74, 6) is 0. The molecule has 0 saturated carbocycles. The number of non-ortho nitro benzene ring substituents is 1. The molecule has 0 spiro atoms. The summed E-state index contributed by atoms with van der Waals surface area (Å²) in [5, 5.41) is 15.1. The van der Waals surface area contributed by atoms with E-state index in [4.69, 9.17) is 5.14 Å². The summed E-state index contributed by atoms with van der Waals surface area (Å²) in [7, 11) is -4.52. The van der Waals surface area contributed by atoms with Crippen molar-refractivity contribution in [2.45, 2.75) is 11.1 Å². The van der Waals surface area contributed by atoms with Crippen molar-refractivity contribution >= 4 is 31.6 Å². The molecule has 0 aromatic heterocycles. The Hall–Kier alpha value is -1.20. The second-order valence-corrected chi connectivity index (χ2v) is 5.43. The molecule has 0 heterocycles. The molecule has 0 saturated heterocycles. The summed E-state index contributed by atoms with van der Waals surface area (Å²) in [6.07, 6.45) is -4.95. The molecule has 0 aliphatic heterocycles. The van der Waals surface area contributed by atoms with E-state index in [0.717, 1.165) is 0 Å². The summed E-state index contributed by atoms with van der Waals surface area (Å²) in [5.41, 5.74) is -2.50. The van der Waals surface area contributed by atoms with E-state index >= 15 is 0 Å². The van der Waals surface area contributed by atoms with Gasteiger partial charge in [0.25, 0.3) is 5.69 Å². The SMILES string of the molecule is NS(=O)(=O)c1cc([N+](=O)[O-])cc(C(F)(F)F)c1Br. The molecule has 18 heavy (non-hydrogen) atoms. The fourth-order valence-electron chi connectivity index (χ4n) is 1.10. The van der Waals surface area contributed by atoms with Crippen molar-refractivity contribution in [1.29, 1.82) is 0 Å². The van der Waals surface area contributed by atoms with Crippen LogP contribution in [-0.2, 0) is 16.2 Å². The van der Waals surface area contributed by atoms with Crippen LogP contribution in [0.25, 0.3) is 0 Å². The number of nitrogens with zero attached hydrogens (tertiary/aromatic N) is 1. The number of alkyl halides is 3. The predicted octanol–water partition coefficient (Wildman–Crippen LogP) is 2.02. The minimum atomic E-state index is -4.95. The average Bonchev–Trinajstić information content (AvgIpc) is 2.13. The maximum absolute atomic E-state index is 12.6. The van der Waals surface area contributed by atoms with Gasteiger partial charge in [-0.15, -0.1) is 0 Å². The zero-order valence-electron chi connectivity index (χ0n) is 8.23. The second kappa shape index (κ2) is 4.48. The first-order valence-corrected chi connectivity index (χ1v) is 6.36. The Kier molecular flexibility index (Phi) is 3.70. The maximum Gasteiger partial charge on any atom is 0.417 e. The van der Waals surface area contributed by atoms with Crippen molar-refractivity contribution in [1.82, 2.24) is 0 Å². The van der Waals surface area contributed by atoms with E-state index < -0.39 is 41.7 Å². The molecular weight excluding hydrogens is 345 g/mol. The summed E-state index contributed by atoms with van der Waals surface area (Å²) >= 11 is 2.43. The van der Waals surface area contributed by atoms with Crippen LogP contribution in [0.5, 0.6) is 0 Å². The van der Waals surface area contributed by atoms with E-state index in [-0.39, 0.29) is 6.07 Å². The highest BCUT2D eigenvalue weighted by Gasteiger charge is 2.37. The summed E-state index contributed by atoms with van der Waals surface area (Å²) in [6, 6.07) is 0.674. The smallest absolute Gasteiger partial charge is 0.258 e. The molecule has 100 valence electrons. The molecule has 2 N–H and O–H groups in total. The highest BCUT2D eigenvalue weighted by Crippen LogP contribution is 2.40. The Morgan fingerprint density at radius 2 is 1.83 bits per heavy atom. The van der Waals surface area contributed by atoms with Crippen LogP contribution in [0.1, 0.15) is 5.56 Å². The number of nitro benzene ring substituents is 1. The molecule has 0 radical (unpaired) electrons. The van der Waals surface area contributed by atoms with Crippen LogP contribution in [0.15, 0.2) is 21.5 Å². The molecule has 1 rings (SSSR count). The Labute approximate surface area is 107 Å². The summed E-state index contributed by atoms with van der Waals surface area (Å²) < 4.78 is 59.0. The van der Waals surface area contributed by atoms with Gasteiger partial charge in [0.2, 0.25) is 10.0 Å². The molecule has 11 heteroatoms. The third kappa shape index (κ3) is 2.97. The highest BCUT2D eigenvalue weighted by atomic mass is 79.9. The van der Waals surface area contributed by atoms with Crippen LogP contribution >= 0.6 is 15.9 Å². The first kappa shape index (κ1) is 14.9. The van der Waals surface area contributed by atoms with Crippen molar-refractivity contribution < 1.29 is 26.5 Å². The monoisotopic (exact) mass is 348 g/mol. The Bertz CT molecular complexity index is 614. The minimum absolute atomic E-state index is 0.221. The van der Waals surface area contributed by atoms with Crippen molar-refractivity contribution in [3.8, 4) is 0 Å². The van der Waals surface area contributed by atoms with Crippen LogP contribution in [0.4, 0.5) is 18.9 Å². The van der Waals surface area contributed by atoms with Gasteiger partial charge in [-0.1, -0.05) is 0 Å². The maximum atomic E-state index is 12.6. The van der Waals surface area contributed by atoms with E-state index in [1.54, 1.807) is 0 Å². The van der Waals surface area contributed by atoms with Crippen molar-refractivity contribution in [2.75, 3.05) is 0 Å². The van der Waals surface area contributed by atoms with Crippen LogP contribution in [0.2, 0.25) is 0 Å². The van der Waals surface area contributed by atoms with E-state index in [0.29, 0.717) is 6.07 Å². The van der Waals surface area contributed by atoms with Crippen molar-refractivity contribution in [2.24, 2.45) is 5.14 Å². The molecule has 0 aliphatic rings. The van der Waals surface area contributed by atoms with Crippen LogP contribution in [0, 0.1) is 10.1 Å². The number of primary sulfonamides is 1. The third-order valence-electron chi connectivity index (χ3n) is 1.85. The predicted molar refractivity (Wildman–Crippen MR) is 57.2 cm³/mol. The third-order valence-corrected chi connectivity index (χ3v) is 3.90. The zero-order valence-corrected chi connectivity index (χ0v) is 10.6. The summed E-state index contributed by atoms with van der Waals surface area (Å²) in [6.45, 7) is 0. The second-order valence-electron chi connectivity index (χ2n) is 3.11. The Morgan fingerprint density at radius 1 is 1.33 bits per heavy atom. The lowest BCUT2D eigenvalue weighted by atomic mass is 10.2. The van der Waals surface area contributed by atoms with Gasteiger partial charge in [0.15, 0.2) is 0 Å². The van der Waals surface area contributed by atoms with Gasteiger partial charge in [-0.25, -0.2) is 13.6 Å². The number of nitro groups is 1. The fraction of sp³-hybridized carbons (Fsp3) is 0.143. The van der Waals surface area contributed by atoms with Crippen molar-refractivity contribution in [3.63, 3.8) is 0 Å². The topological polar surface area (TPSA) is 103 Å². The van der Waals surface area contributed by atoms with Gasteiger partial charge < -0.3 is 0 Å². The van der Waals surface area contributed by atoms with Gasteiger partial charge in [-0.05, 0) is 15.9 Å². The number of rotatable bonds is 2. The standard InChI is InChI=1S/C7H4BrF3N2O4S/c8-6-4(7(9,10)11)1-3(13(14)15)2-5(6)18(12,16)17/h1-2H,(H2,12,16,17). The fourth-order valence-corrected chi connectivity index (χ4v) is 2.88. The van der Waals surface area contributed by atoms with Gasteiger partial charge in [0.05, 0.1) is 15.0 Å². The number of sulfonamides is 1. The van der Waals surface area contributed by atoms with Gasteiger partial charge >= 0.3 is 6.18 Å². The Balaban J connectivity index is 3.76. The lowest BCUT2D eigenvalue weighted by Crippen LogP contribution is -2.16. The van der Waals surface area contributed by atoms with E-state index in [9.17, 15) is 31.7 Å². The zero-order chi connectivity index (χ0) is 14.3. The molecule has 0 fully saturated rings. The van der Waals surface area contributed by atoms with E-state index in [1.807, 2.05) is 0 Å². The number of hydrogen-bond donors (Lipinski definition) is 1. The average molecular weight is 349 g/mol. The minimum Gasteiger partial charge on any atom is -0.258 e. The largest absolute Gasteiger partial charge is 0.417 e. The van der Waals surface area contributed by atoms with Crippen LogP contribution < -0.4 is 5.14 Å². The van der Waals surface area contributed by atoms with Gasteiger partial charge in [0, 0.05) is 12.1 Å². The van der Waals surface area contributed by atoms with Crippen LogP contribution in [-0.4, -0.2) is 13.3 Å². The lowest BCUT2D eigenvalue weighted by molar-refractivity contribution is -0.385. The molecular formula is C7H4BrF3N2O4S. The highest BCUT2D eigenvalue weighted by molar-refractivity contribution is 9.10. The molecule has 0 bridgehead atoms. The van der Waals surface area contributed by atoms with Gasteiger partial charge in [-0.3, -0.25) is 10.1 Å². The number of nitrogens with two attached hydrogens (primary N) is 1. The Morgan fingerprint density at radius 3 is 2.17 bits per heavy atom. The van der Waals surface area contributed by atoms with Crippen LogP contribution in [0.3, 0.4) is 0 Å². The quantitative estimate of drug-likeness (QED) is 0.652. The van der Waals surface area contributed by atoms with E-state index in [2.05, 4.69) is 15.9 Å². The molecule has 0 atom stereocenters. The van der Waals surface area contributed by atoms with E-state index in [1.165, 1.54) is 0 Å². The molecule has 0 amide bonds. The first-order chi connectivity index (χ1) is 7.94. The van der Waals surface area contributed by atoms with Gasteiger partial charge in [-0.2, -0.15) is 13.2 Å². The molecule has 0 aliphatic carbocycles. The molecule has 6 nitrogen and oxygen atoms in total.